The van der Waals surface area contributed by atoms with Crippen molar-refractivity contribution < 1.29 is 28.6 Å². The molecule has 0 aliphatic rings. The average molecular weight is 920 g/mol. The molecule has 0 radical (unpaired) electrons. The van der Waals surface area contributed by atoms with Crippen molar-refractivity contribution in [1.82, 2.24) is 0 Å². The normalized spacial score (nSPS) is 12.0. The lowest BCUT2D eigenvalue weighted by atomic mass is 10.0. The maximum absolute atomic E-state index is 12.9. The fraction of sp³-hybridized carbons (Fsp3) is 0.949. The molecule has 0 heterocycles. The van der Waals surface area contributed by atoms with E-state index in [1.54, 1.807) is 0 Å². The molecule has 6 heteroatoms. The second-order valence-electron chi connectivity index (χ2n) is 20.8. The van der Waals surface area contributed by atoms with Crippen molar-refractivity contribution in [2.24, 2.45) is 5.92 Å². The molecule has 0 aromatic carbocycles. The van der Waals surface area contributed by atoms with Crippen molar-refractivity contribution in [1.29, 1.82) is 0 Å². The summed E-state index contributed by atoms with van der Waals surface area (Å²) >= 11 is 0. The molecule has 0 fully saturated rings. The van der Waals surface area contributed by atoms with E-state index in [-0.39, 0.29) is 31.1 Å². The molecule has 0 amide bonds. The second kappa shape index (κ2) is 53.4. The van der Waals surface area contributed by atoms with E-state index in [0.717, 1.165) is 63.7 Å². The summed E-state index contributed by atoms with van der Waals surface area (Å²) in [5, 5.41) is 0. The molecule has 0 aliphatic heterocycles. The molecule has 0 saturated heterocycles. The molecule has 0 rings (SSSR count). The van der Waals surface area contributed by atoms with E-state index < -0.39 is 6.10 Å². The molecule has 0 aromatic heterocycles. The van der Waals surface area contributed by atoms with Gasteiger partial charge in [-0.25, -0.2) is 0 Å². The Kier molecular flexibility index (Phi) is 52.1. The van der Waals surface area contributed by atoms with Crippen molar-refractivity contribution in [3.8, 4) is 0 Å². The van der Waals surface area contributed by atoms with Crippen molar-refractivity contribution >= 4 is 17.9 Å². The lowest BCUT2D eigenvalue weighted by molar-refractivity contribution is -0.167. The molecule has 0 aromatic rings. The first-order valence-electron chi connectivity index (χ1n) is 29.4. The number of unbranched alkanes of at least 4 members (excludes halogenated alkanes) is 41. The van der Waals surface area contributed by atoms with Crippen LogP contribution in [0.1, 0.15) is 336 Å². The minimum Gasteiger partial charge on any atom is -0.462 e. The Balaban J connectivity index is 4.28. The molecule has 0 N–H and O–H groups in total. The van der Waals surface area contributed by atoms with Gasteiger partial charge in [0.05, 0.1) is 0 Å². The van der Waals surface area contributed by atoms with Crippen LogP contribution in [0, 0.1) is 5.92 Å². The molecule has 386 valence electrons. The van der Waals surface area contributed by atoms with E-state index in [9.17, 15) is 14.4 Å². The van der Waals surface area contributed by atoms with Crippen LogP contribution in [0.2, 0.25) is 0 Å². The van der Waals surface area contributed by atoms with Gasteiger partial charge in [-0.1, -0.05) is 297 Å². The fourth-order valence-electron chi connectivity index (χ4n) is 9.10. The minimum absolute atomic E-state index is 0.0619. The van der Waals surface area contributed by atoms with Gasteiger partial charge in [-0.2, -0.15) is 0 Å². The van der Waals surface area contributed by atoms with Gasteiger partial charge in [-0.15, -0.1) is 0 Å². The van der Waals surface area contributed by atoms with Gasteiger partial charge in [-0.05, 0) is 25.2 Å². The van der Waals surface area contributed by atoms with E-state index in [0.29, 0.717) is 19.3 Å². The lowest BCUT2D eigenvalue weighted by Crippen LogP contribution is -2.30. The molecule has 6 nitrogen and oxygen atoms in total. The second-order valence-corrected chi connectivity index (χ2v) is 20.8. The molecule has 0 saturated carbocycles. The SMILES string of the molecule is CCCCCCCCCCCCCCCCCCCCC(=O)O[C@H](COC(=O)CCCCCCCCCCCCCCCCCC)COC(=O)CCCCCCCCCCCCC(C)C. The van der Waals surface area contributed by atoms with Gasteiger partial charge in [0.15, 0.2) is 6.10 Å². The van der Waals surface area contributed by atoms with Crippen LogP contribution in [0.15, 0.2) is 0 Å². The standard InChI is InChI=1S/C59H114O6/c1-5-7-9-11-13-15-17-19-21-23-24-26-28-30-36-40-44-48-52-59(62)65-56(54-64-58(61)51-47-43-39-35-32-31-33-37-41-45-49-55(3)4)53-63-57(60)50-46-42-38-34-29-27-25-22-20-18-16-14-12-10-8-6-2/h55-56H,5-54H2,1-4H3/t56-/m1/s1. The highest BCUT2D eigenvalue weighted by molar-refractivity contribution is 5.71. The third-order valence-corrected chi connectivity index (χ3v) is 13.5. The first kappa shape index (κ1) is 63.4. The van der Waals surface area contributed by atoms with Gasteiger partial charge >= 0.3 is 17.9 Å². The molecular weight excluding hydrogens is 805 g/mol. The highest BCUT2D eigenvalue weighted by atomic mass is 16.6. The highest BCUT2D eigenvalue weighted by Crippen LogP contribution is 2.18. The fourth-order valence-corrected chi connectivity index (χ4v) is 9.10. The summed E-state index contributed by atoms with van der Waals surface area (Å²) < 4.78 is 16.9. The van der Waals surface area contributed by atoms with Gasteiger partial charge in [0.1, 0.15) is 13.2 Å². The zero-order valence-corrected chi connectivity index (χ0v) is 44.5. The highest BCUT2D eigenvalue weighted by Gasteiger charge is 2.19. The van der Waals surface area contributed by atoms with Crippen molar-refractivity contribution in [3.05, 3.63) is 0 Å². The van der Waals surface area contributed by atoms with E-state index >= 15 is 0 Å². The van der Waals surface area contributed by atoms with Gasteiger partial charge in [0, 0.05) is 19.3 Å². The number of carbonyl (C=O) groups excluding carboxylic acids is 3. The summed E-state index contributed by atoms with van der Waals surface area (Å²) in [5.74, 6) is -0.0167. The smallest absolute Gasteiger partial charge is 0.306 e. The van der Waals surface area contributed by atoms with Crippen molar-refractivity contribution in [2.75, 3.05) is 13.2 Å². The first-order chi connectivity index (χ1) is 31.9. The summed E-state index contributed by atoms with van der Waals surface area (Å²) in [6.45, 7) is 9.05. The van der Waals surface area contributed by atoms with Crippen LogP contribution in [0.25, 0.3) is 0 Å². The zero-order chi connectivity index (χ0) is 47.4. The Bertz CT molecular complexity index is 980. The van der Waals surface area contributed by atoms with Crippen molar-refractivity contribution in [2.45, 2.75) is 342 Å². The van der Waals surface area contributed by atoms with Gasteiger partial charge < -0.3 is 14.2 Å². The monoisotopic (exact) mass is 919 g/mol. The summed E-state index contributed by atoms with van der Waals surface area (Å²) in [5.41, 5.74) is 0. The van der Waals surface area contributed by atoms with Crippen LogP contribution in [-0.4, -0.2) is 37.2 Å². The Hall–Kier alpha value is -1.59. The average Bonchev–Trinajstić information content (AvgIpc) is 3.29. The Labute approximate surface area is 406 Å². The van der Waals surface area contributed by atoms with E-state index in [2.05, 4.69) is 27.7 Å². The van der Waals surface area contributed by atoms with E-state index in [4.69, 9.17) is 14.2 Å². The number of ether oxygens (including phenoxy) is 3. The number of carbonyl (C=O) groups is 3. The molecular formula is C59H114O6. The van der Waals surface area contributed by atoms with Crippen LogP contribution >= 0.6 is 0 Å². The van der Waals surface area contributed by atoms with Crippen molar-refractivity contribution in [3.63, 3.8) is 0 Å². The number of esters is 3. The molecule has 1 atom stereocenters. The maximum atomic E-state index is 12.9. The molecule has 65 heavy (non-hydrogen) atoms. The summed E-state index contributed by atoms with van der Waals surface area (Å²) in [7, 11) is 0. The number of rotatable bonds is 54. The summed E-state index contributed by atoms with van der Waals surface area (Å²) in [6.07, 6.45) is 58.1. The van der Waals surface area contributed by atoms with Crippen LogP contribution in [-0.2, 0) is 28.6 Å². The number of hydrogen-bond donors (Lipinski definition) is 0. The zero-order valence-electron chi connectivity index (χ0n) is 44.5. The molecule has 0 aliphatic carbocycles. The van der Waals surface area contributed by atoms with Crippen LogP contribution in [0.5, 0.6) is 0 Å². The van der Waals surface area contributed by atoms with Gasteiger partial charge in [0.2, 0.25) is 0 Å². The third-order valence-electron chi connectivity index (χ3n) is 13.5. The van der Waals surface area contributed by atoms with Gasteiger partial charge in [-0.3, -0.25) is 14.4 Å². The first-order valence-corrected chi connectivity index (χ1v) is 29.4. The number of hydrogen-bond acceptors (Lipinski definition) is 6. The van der Waals surface area contributed by atoms with Crippen LogP contribution in [0.3, 0.4) is 0 Å². The van der Waals surface area contributed by atoms with Crippen LogP contribution in [0.4, 0.5) is 0 Å². The lowest BCUT2D eigenvalue weighted by Gasteiger charge is -2.18. The Morgan fingerprint density at radius 1 is 0.292 bits per heavy atom. The Morgan fingerprint density at radius 3 is 0.754 bits per heavy atom. The van der Waals surface area contributed by atoms with Crippen LogP contribution < -0.4 is 0 Å². The molecule has 0 bridgehead atoms. The van der Waals surface area contributed by atoms with Gasteiger partial charge in [0.25, 0.3) is 0 Å². The predicted octanol–water partition coefficient (Wildman–Crippen LogP) is 19.4. The van der Waals surface area contributed by atoms with E-state index in [1.807, 2.05) is 0 Å². The Morgan fingerprint density at radius 2 is 0.508 bits per heavy atom. The molecule has 0 spiro atoms. The summed E-state index contributed by atoms with van der Waals surface area (Å²) in [6, 6.07) is 0. The largest absolute Gasteiger partial charge is 0.462 e. The summed E-state index contributed by atoms with van der Waals surface area (Å²) in [4.78, 5) is 38.1. The molecule has 0 unspecified atom stereocenters. The topological polar surface area (TPSA) is 78.9 Å². The third kappa shape index (κ3) is 53.2. The minimum atomic E-state index is -0.762. The quantitative estimate of drug-likeness (QED) is 0.0344. The predicted molar refractivity (Wildman–Crippen MR) is 280 cm³/mol. The van der Waals surface area contributed by atoms with E-state index in [1.165, 1.54) is 231 Å². The maximum Gasteiger partial charge on any atom is 0.306 e.